The maximum Gasteiger partial charge on any atom is -1.00 e. The number of hydrogen-bond donors (Lipinski definition) is 0. The smallest absolute Gasteiger partial charge is 1.00 e. The molecular weight excluding hydrogens is 524 g/mol. The van der Waals surface area contributed by atoms with Gasteiger partial charge in [0.05, 0.1) is 0 Å². The zero-order chi connectivity index (χ0) is 15.5. The Morgan fingerprint density at radius 1 is 0.696 bits per heavy atom. The predicted octanol–water partition coefficient (Wildman–Crippen LogP) is 0.181. The van der Waals surface area contributed by atoms with E-state index < -0.39 is 46.8 Å². The Morgan fingerprint density at radius 3 is 1.30 bits per heavy atom. The van der Waals surface area contributed by atoms with Crippen molar-refractivity contribution in [2.24, 2.45) is 0 Å². The summed E-state index contributed by atoms with van der Waals surface area (Å²) in [7, 11) is 0. The number of halogens is 2. The van der Waals surface area contributed by atoms with Gasteiger partial charge in [0.2, 0.25) is 0 Å². The van der Waals surface area contributed by atoms with E-state index in [0.717, 1.165) is 0 Å². The van der Waals surface area contributed by atoms with Gasteiger partial charge < -0.3 is 24.8 Å². The summed E-state index contributed by atoms with van der Waals surface area (Å²) in [6, 6.07) is 0. The zero-order valence-electron chi connectivity index (χ0n) is 15.4. The second-order valence-electron chi connectivity index (χ2n) is 9.08. The molecule has 1 saturated heterocycles. The van der Waals surface area contributed by atoms with Crippen LogP contribution in [0.25, 0.3) is 0 Å². The number of hydrogen-bond acceptors (Lipinski definition) is 0. The van der Waals surface area contributed by atoms with Crippen LogP contribution in [-0.2, 0) is 20.3 Å². The van der Waals surface area contributed by atoms with Crippen LogP contribution < -0.4 is 24.8 Å². The molecule has 0 bridgehead atoms. The zero-order valence-corrected chi connectivity index (χ0v) is 23.6. The van der Waals surface area contributed by atoms with Crippen LogP contribution in [0, 0.1) is 0 Å². The Morgan fingerprint density at radius 2 is 1.04 bits per heavy atom. The summed E-state index contributed by atoms with van der Waals surface area (Å²) < 4.78 is 11.2. The van der Waals surface area contributed by atoms with Crippen molar-refractivity contribution in [1.82, 2.24) is 0 Å². The molecule has 0 saturated carbocycles. The van der Waals surface area contributed by atoms with Crippen molar-refractivity contribution >= 4 is 26.5 Å². The Bertz CT molecular complexity index is 547. The van der Waals surface area contributed by atoms with Gasteiger partial charge in [-0.05, 0) is 0 Å². The van der Waals surface area contributed by atoms with Gasteiger partial charge in [0, 0.05) is 0 Å². The second kappa shape index (κ2) is 7.63. The van der Waals surface area contributed by atoms with Crippen molar-refractivity contribution in [3.05, 3.63) is 39.7 Å². The molecule has 5 heteroatoms. The van der Waals surface area contributed by atoms with Gasteiger partial charge in [-0.25, -0.2) is 0 Å². The van der Waals surface area contributed by atoms with E-state index in [2.05, 4.69) is 65.4 Å². The van der Waals surface area contributed by atoms with Crippen LogP contribution in [0.3, 0.4) is 0 Å². The van der Waals surface area contributed by atoms with E-state index in [0.29, 0.717) is 0 Å². The summed E-state index contributed by atoms with van der Waals surface area (Å²) in [5.74, 6) is 15.6. The molecule has 23 heavy (non-hydrogen) atoms. The van der Waals surface area contributed by atoms with E-state index in [-0.39, 0.29) is 24.8 Å². The average molecular weight is 554 g/mol. The Hall–Kier alpha value is 1.51. The van der Waals surface area contributed by atoms with Crippen molar-refractivity contribution in [3.8, 4) is 0 Å². The topological polar surface area (TPSA) is 0 Å². The molecular formula is C18H30Cl2Ge2Zr. The van der Waals surface area contributed by atoms with Crippen molar-refractivity contribution < 1.29 is 45.1 Å². The maximum absolute atomic E-state index is 2.59. The SMILES string of the molecule is [CH3][Ge]([CH3])([CH3])[C]1=[C]([Zr+2]2([C]3=[C]([Ge]([CH3])([CH3])[CH3])C=CC3)[CH2][CH2]2)CC=C1.[Cl-].[Cl-]. The van der Waals surface area contributed by atoms with E-state index in [1.165, 1.54) is 12.8 Å². The predicted molar refractivity (Wildman–Crippen MR) is 97.9 cm³/mol. The first-order valence-corrected chi connectivity index (χ1v) is 29.1. The van der Waals surface area contributed by atoms with Gasteiger partial charge in [0.25, 0.3) is 0 Å². The minimum Gasteiger partial charge on any atom is -1.00 e. The molecule has 2 aliphatic carbocycles. The van der Waals surface area contributed by atoms with E-state index in [1.807, 2.05) is 8.81 Å². The first-order valence-electron chi connectivity index (χ1n) is 8.47. The van der Waals surface area contributed by atoms with Crippen LogP contribution in [0.1, 0.15) is 12.8 Å². The summed E-state index contributed by atoms with van der Waals surface area (Å²) >= 11 is -5.44. The Kier molecular flexibility index (Phi) is 7.48. The summed E-state index contributed by atoms with van der Waals surface area (Å²) in [6.45, 7) is 0. The minimum absolute atomic E-state index is 0. The molecule has 0 aromatic carbocycles. The van der Waals surface area contributed by atoms with Crippen molar-refractivity contribution in [3.63, 3.8) is 0 Å². The number of allylic oxidation sites excluding steroid dienone is 8. The second-order valence-corrected chi connectivity index (χ2v) is 41.0. The summed E-state index contributed by atoms with van der Waals surface area (Å²) in [5.41, 5.74) is 0. The normalized spacial score (nSPS) is 21.0. The van der Waals surface area contributed by atoms with Gasteiger partial charge in [-0.1, -0.05) is 0 Å². The summed E-state index contributed by atoms with van der Waals surface area (Å²) in [6.07, 6.45) is 12.8. The molecule has 0 N–H and O–H groups in total. The molecule has 128 valence electrons. The van der Waals surface area contributed by atoms with Crippen molar-refractivity contribution in [1.29, 1.82) is 0 Å². The fraction of sp³-hybridized carbons (Fsp3) is 0.556. The van der Waals surface area contributed by atoms with Gasteiger partial charge in [-0.3, -0.25) is 0 Å². The van der Waals surface area contributed by atoms with E-state index in [1.54, 1.807) is 8.26 Å². The van der Waals surface area contributed by atoms with Crippen LogP contribution in [-0.4, -0.2) is 26.5 Å². The molecule has 0 aromatic rings. The third kappa shape index (κ3) is 4.26. The fourth-order valence-corrected chi connectivity index (χ4v) is 40.1. The molecule has 0 amide bonds. The average Bonchev–Trinajstić information content (AvgIpc) is 2.82. The van der Waals surface area contributed by atoms with Crippen LogP contribution >= 0.6 is 0 Å². The van der Waals surface area contributed by atoms with E-state index in [9.17, 15) is 0 Å². The van der Waals surface area contributed by atoms with Gasteiger partial charge in [-0.15, -0.1) is 0 Å². The van der Waals surface area contributed by atoms with E-state index >= 15 is 0 Å². The van der Waals surface area contributed by atoms with Crippen molar-refractivity contribution in [2.45, 2.75) is 55.6 Å². The Balaban J connectivity index is 0.00000132. The van der Waals surface area contributed by atoms with Crippen molar-refractivity contribution in [2.75, 3.05) is 0 Å². The maximum atomic E-state index is 2.59. The quantitative estimate of drug-likeness (QED) is 0.436. The van der Waals surface area contributed by atoms with E-state index in [4.69, 9.17) is 0 Å². The third-order valence-electron chi connectivity index (χ3n) is 5.38. The summed E-state index contributed by atoms with van der Waals surface area (Å²) in [5, 5.41) is 0. The van der Waals surface area contributed by atoms with Crippen LogP contribution in [0.15, 0.2) is 39.7 Å². The molecule has 1 heterocycles. The van der Waals surface area contributed by atoms with Crippen LogP contribution in [0.5, 0.6) is 0 Å². The van der Waals surface area contributed by atoms with Crippen LogP contribution in [0.4, 0.5) is 0 Å². The molecule has 3 rings (SSSR count). The molecule has 0 nitrogen and oxygen atoms in total. The molecule has 0 spiro atoms. The standard InChI is InChI=1S/2C8H13Ge.C2H4.2ClH.Zr/c2*1-9(2,3)8-6-4-5-7-8;1-2;;;/h2*4,6H,5H2,1-3H3;1-2H2;2*1H;/q;;;;;+2/p-2. The summed E-state index contributed by atoms with van der Waals surface area (Å²) in [4.78, 5) is 0. The monoisotopic (exact) mass is 554 g/mol. The molecule has 1 fully saturated rings. The molecule has 0 aromatic heterocycles. The van der Waals surface area contributed by atoms with Crippen LogP contribution in [0.2, 0.25) is 42.8 Å². The van der Waals surface area contributed by atoms with Gasteiger partial charge in [-0.2, -0.15) is 0 Å². The van der Waals surface area contributed by atoms with Gasteiger partial charge in [0.1, 0.15) is 0 Å². The fourth-order valence-electron chi connectivity index (χ4n) is 4.23. The molecule has 3 aliphatic rings. The number of rotatable bonds is 4. The van der Waals surface area contributed by atoms with Gasteiger partial charge >= 0.3 is 142 Å². The first kappa shape index (κ1) is 22.5. The molecule has 1 aliphatic heterocycles. The minimum atomic E-state index is -2.08. The molecule has 0 radical (unpaired) electrons. The molecule has 0 atom stereocenters. The van der Waals surface area contributed by atoms with Gasteiger partial charge in [0.15, 0.2) is 0 Å². The Labute approximate surface area is 165 Å². The first-order chi connectivity index (χ1) is 9.66. The third-order valence-corrected chi connectivity index (χ3v) is 28.4. The largest absolute Gasteiger partial charge is 1.00 e. The molecule has 0 unspecified atom stereocenters.